The van der Waals surface area contributed by atoms with Crippen LogP contribution in [0.4, 0.5) is 0 Å². The summed E-state index contributed by atoms with van der Waals surface area (Å²) in [6.45, 7) is 15.2. The fourth-order valence-corrected chi connectivity index (χ4v) is 17.5. The normalized spacial score (nSPS) is 52.6. The van der Waals surface area contributed by atoms with E-state index in [0.29, 0.717) is 31.6 Å². The van der Waals surface area contributed by atoms with Crippen molar-refractivity contribution in [3.63, 3.8) is 0 Å². The molecule has 0 aromatic carbocycles. The SMILES string of the molecule is CC(C)CCCC(C)(O)C1CCC2C3CC(OC4OC(C)C(O)C(OC5OCC(OC6OC(C)C(OC7OCC(O)C(O)C7O)C(O)C6OC6OC(C)C(O)C(O)C6O)C(O)C5OC5OC(C)C(O)C(O)C5O)C4O)C4CC(OS(=O)(=O)O)CCC4(C)C3=CCC21C. The van der Waals surface area contributed by atoms with Gasteiger partial charge in [-0.1, -0.05) is 52.2 Å². The van der Waals surface area contributed by atoms with Crippen LogP contribution in [-0.4, -0.2) is 288 Å². The smallest absolute Gasteiger partial charge is 0.390 e. The van der Waals surface area contributed by atoms with Crippen LogP contribution in [0.1, 0.15) is 127 Å². The second-order valence-electron chi connectivity index (χ2n) is 29.0. The second kappa shape index (κ2) is 28.7. The maximum absolute atomic E-state index is 12.5. The van der Waals surface area contributed by atoms with Gasteiger partial charge in [-0.3, -0.25) is 4.55 Å². The molecule has 15 N–H and O–H groups in total. The third-order valence-corrected chi connectivity index (χ3v) is 22.8. The first-order valence-electron chi connectivity index (χ1n) is 32.8. The molecule has 0 amide bonds. The van der Waals surface area contributed by atoms with Crippen LogP contribution in [0.3, 0.4) is 0 Å². The molecule has 10 rings (SSSR count). The minimum atomic E-state index is -4.87. The van der Waals surface area contributed by atoms with Crippen molar-refractivity contribution in [3.8, 4) is 0 Å². The zero-order valence-corrected chi connectivity index (χ0v) is 54.3. The lowest BCUT2D eigenvalue weighted by Gasteiger charge is -2.60. The Labute approximate surface area is 535 Å². The molecule has 10 aliphatic rings. The summed E-state index contributed by atoms with van der Waals surface area (Å²) < 4.78 is 113. The van der Waals surface area contributed by atoms with Crippen LogP contribution in [-0.2, 0) is 71.4 Å². The van der Waals surface area contributed by atoms with Crippen LogP contribution < -0.4 is 0 Å². The molecule has 0 aromatic heterocycles. The van der Waals surface area contributed by atoms with Crippen LogP contribution in [0.2, 0.25) is 0 Å². The topological polar surface area (TPSA) is 458 Å². The zero-order valence-electron chi connectivity index (χ0n) is 53.5. The van der Waals surface area contributed by atoms with Gasteiger partial charge in [0.2, 0.25) is 0 Å². The predicted octanol–water partition coefficient (Wildman–Crippen LogP) is -2.36. The minimum Gasteiger partial charge on any atom is -0.390 e. The largest absolute Gasteiger partial charge is 0.397 e. The summed E-state index contributed by atoms with van der Waals surface area (Å²) in [4.78, 5) is 0. The average molecular weight is 1350 g/mol. The van der Waals surface area contributed by atoms with E-state index in [9.17, 15) is 84.5 Å². The minimum absolute atomic E-state index is 0.0160. The molecule has 37 atom stereocenters. The van der Waals surface area contributed by atoms with Gasteiger partial charge < -0.3 is 128 Å². The lowest BCUT2D eigenvalue weighted by molar-refractivity contribution is -0.403. The molecule has 0 aromatic rings. The molecular formula is C61H102O30S. The van der Waals surface area contributed by atoms with Gasteiger partial charge >= 0.3 is 10.4 Å². The summed E-state index contributed by atoms with van der Waals surface area (Å²) in [6.07, 6.45) is -40.4. The Kier molecular flexibility index (Phi) is 22.8. The maximum atomic E-state index is 12.5. The van der Waals surface area contributed by atoms with Crippen molar-refractivity contribution in [2.24, 2.45) is 40.4 Å². The van der Waals surface area contributed by atoms with Gasteiger partial charge in [0.15, 0.2) is 37.7 Å². The van der Waals surface area contributed by atoms with Crippen molar-refractivity contribution in [2.75, 3.05) is 13.2 Å². The molecular weight excluding hydrogens is 1240 g/mol. The van der Waals surface area contributed by atoms with Gasteiger partial charge in [0.25, 0.3) is 0 Å². The molecule has 37 unspecified atom stereocenters. The van der Waals surface area contributed by atoms with E-state index in [-0.39, 0.29) is 29.6 Å². The number of allylic oxidation sites excluding steroid dienone is 2. The highest BCUT2D eigenvalue weighted by molar-refractivity contribution is 7.80. The van der Waals surface area contributed by atoms with Crippen molar-refractivity contribution in [3.05, 3.63) is 11.6 Å². The third-order valence-electron chi connectivity index (χ3n) is 22.2. The third kappa shape index (κ3) is 14.6. The van der Waals surface area contributed by atoms with Gasteiger partial charge in [-0.2, -0.15) is 8.42 Å². The molecule has 532 valence electrons. The highest BCUT2D eigenvalue weighted by atomic mass is 32.3. The summed E-state index contributed by atoms with van der Waals surface area (Å²) in [6, 6.07) is 0. The number of rotatable bonds is 19. The number of aliphatic hydroxyl groups is 14. The highest BCUT2D eigenvalue weighted by Crippen LogP contribution is 2.67. The first kappa shape index (κ1) is 73.3. The van der Waals surface area contributed by atoms with Gasteiger partial charge in [0.1, 0.15) is 110 Å². The zero-order chi connectivity index (χ0) is 67.2. The van der Waals surface area contributed by atoms with Gasteiger partial charge in [-0.15, -0.1) is 0 Å². The second-order valence-corrected chi connectivity index (χ2v) is 30.0. The standard InChI is InChI=1S/C61H102O30S/c1-23(2)11-10-16-61(9,75)36-13-12-30-29-20-34(32-19-28(91-92(76,77)78)14-17-59(32,7)31(29)15-18-60(30,36)8)85-56-48(74)50(39(65)26(5)83-56)88-57-51(89-54-45(71)42(68)37(63)24(3)81-54)41(67)35(22-80-57)86-58-52(90-55-46(72)43(69)38(64)25(4)82-55)47(73)49(27(6)84-58)87-53-44(70)40(66)33(62)21-79-53/h15,23-30,32-58,62-75H,10-14,16-22H2,1-9H3,(H,76,77,78). The first-order valence-corrected chi connectivity index (χ1v) is 34.1. The summed E-state index contributed by atoms with van der Waals surface area (Å²) in [5, 5.41) is 158. The van der Waals surface area contributed by atoms with Gasteiger partial charge in [-0.05, 0) is 126 Å². The number of aliphatic hydroxyl groups excluding tert-OH is 13. The summed E-state index contributed by atoms with van der Waals surface area (Å²) in [5.41, 5.74) is -0.637. The Morgan fingerprint density at radius 2 is 1.09 bits per heavy atom. The Balaban J connectivity index is 0.915. The molecule has 31 heteroatoms. The molecule has 3 saturated carbocycles. The van der Waals surface area contributed by atoms with Crippen LogP contribution in [0.5, 0.6) is 0 Å². The summed E-state index contributed by atoms with van der Waals surface area (Å²) in [7, 11) is -4.87. The molecule has 30 nitrogen and oxygen atoms in total. The fourth-order valence-electron chi connectivity index (χ4n) is 16.9. The quantitative estimate of drug-likeness (QED) is 0.0475. The van der Waals surface area contributed by atoms with Gasteiger partial charge in [0, 0.05) is 0 Å². The maximum Gasteiger partial charge on any atom is 0.397 e. The van der Waals surface area contributed by atoms with E-state index in [2.05, 4.69) is 33.8 Å². The summed E-state index contributed by atoms with van der Waals surface area (Å²) in [5.74, 6) is 0.0242. The number of hydrogen-bond donors (Lipinski definition) is 15. The van der Waals surface area contributed by atoms with Gasteiger partial charge in [0.05, 0.1) is 55.4 Å². The van der Waals surface area contributed by atoms with Crippen molar-refractivity contribution in [1.82, 2.24) is 0 Å². The van der Waals surface area contributed by atoms with E-state index in [4.69, 9.17) is 61.0 Å². The average Bonchev–Trinajstić information content (AvgIpc) is 1.34. The van der Waals surface area contributed by atoms with Gasteiger partial charge in [-0.25, -0.2) is 4.18 Å². The van der Waals surface area contributed by atoms with E-state index in [1.165, 1.54) is 33.3 Å². The van der Waals surface area contributed by atoms with Crippen molar-refractivity contribution >= 4 is 10.4 Å². The lowest BCUT2D eigenvalue weighted by Crippen LogP contribution is -2.67. The molecule has 92 heavy (non-hydrogen) atoms. The van der Waals surface area contributed by atoms with Crippen LogP contribution in [0, 0.1) is 40.4 Å². The van der Waals surface area contributed by atoms with Crippen molar-refractivity contribution < 1.29 is 145 Å². The van der Waals surface area contributed by atoms with Crippen LogP contribution >= 0.6 is 0 Å². The summed E-state index contributed by atoms with van der Waals surface area (Å²) >= 11 is 0. The molecule has 0 spiro atoms. The molecule has 4 aliphatic carbocycles. The Bertz CT molecular complexity index is 2590. The molecule has 6 saturated heterocycles. The Hall–Kier alpha value is -1.43. The molecule has 0 bridgehead atoms. The van der Waals surface area contributed by atoms with E-state index in [0.717, 1.165) is 32.1 Å². The Morgan fingerprint density at radius 1 is 0.554 bits per heavy atom. The monoisotopic (exact) mass is 1350 g/mol. The Morgan fingerprint density at radius 3 is 1.70 bits per heavy atom. The van der Waals surface area contributed by atoms with Crippen molar-refractivity contribution in [2.45, 2.75) is 316 Å². The van der Waals surface area contributed by atoms with E-state index in [1.54, 1.807) is 0 Å². The predicted molar refractivity (Wildman–Crippen MR) is 310 cm³/mol. The van der Waals surface area contributed by atoms with E-state index >= 15 is 0 Å². The number of hydrogen-bond acceptors (Lipinski definition) is 29. The number of fused-ring (bicyclic) bond motifs is 5. The van der Waals surface area contributed by atoms with Crippen molar-refractivity contribution in [1.29, 1.82) is 0 Å². The molecule has 6 heterocycles. The lowest BCUT2D eigenvalue weighted by atomic mass is 9.47. The highest BCUT2D eigenvalue weighted by Gasteiger charge is 2.64. The molecule has 6 aliphatic heterocycles. The first-order chi connectivity index (χ1) is 43.0. The van der Waals surface area contributed by atoms with E-state index < -0.39 is 225 Å². The molecule has 0 radical (unpaired) electrons. The van der Waals surface area contributed by atoms with E-state index in [1.807, 2.05) is 6.92 Å². The number of ether oxygens (including phenoxy) is 12. The van der Waals surface area contributed by atoms with Crippen LogP contribution in [0.15, 0.2) is 11.6 Å². The van der Waals surface area contributed by atoms with Crippen LogP contribution in [0.25, 0.3) is 0 Å². The molecule has 9 fully saturated rings. The fraction of sp³-hybridized carbons (Fsp3) is 0.967.